The molecule has 0 radical (unpaired) electrons. The summed E-state index contributed by atoms with van der Waals surface area (Å²) in [5.74, 6) is -0.383. The topological polar surface area (TPSA) is 43.7 Å². The van der Waals surface area contributed by atoms with Gasteiger partial charge in [0.25, 0.3) is 0 Å². The van der Waals surface area contributed by atoms with E-state index in [0.29, 0.717) is 23.0 Å². The number of phenolic OH excluding ortho intramolecular Hbond substituents is 1. The summed E-state index contributed by atoms with van der Waals surface area (Å²) in [6.07, 6.45) is 0.473. The minimum Gasteiger partial charge on any atom is -0.506 e. The Morgan fingerprint density at radius 2 is 1.49 bits per heavy atom. The van der Waals surface area contributed by atoms with Crippen LogP contribution in [0.2, 0.25) is 0 Å². The van der Waals surface area contributed by atoms with Crippen LogP contribution in [0.3, 0.4) is 0 Å². The maximum absolute atomic E-state index is 13.0. The summed E-state index contributed by atoms with van der Waals surface area (Å²) in [5.41, 5.74) is 1.15. The van der Waals surface area contributed by atoms with Crippen LogP contribution >= 0.6 is 31.9 Å². The number of benzene rings is 5. The number of rotatable bonds is 7. The highest BCUT2D eigenvalue weighted by Gasteiger charge is 2.43. The van der Waals surface area contributed by atoms with Gasteiger partial charge in [-0.1, -0.05) is 94.8 Å². The highest BCUT2D eigenvalue weighted by atomic mass is 79.9. The van der Waals surface area contributed by atoms with Gasteiger partial charge >= 0.3 is 0 Å². The molecule has 0 spiro atoms. The minimum atomic E-state index is -1.32. The molecule has 0 saturated heterocycles. The number of hydrogen-bond acceptors (Lipinski definition) is 3. The molecule has 0 fully saturated rings. The first-order valence-corrected chi connectivity index (χ1v) is 13.9. The second-order valence-corrected chi connectivity index (χ2v) is 11.6. The fraction of sp³-hybridized carbons (Fsp3) is 0.188. The molecule has 0 amide bonds. The van der Waals surface area contributed by atoms with Crippen molar-refractivity contribution in [2.45, 2.75) is 17.9 Å². The van der Waals surface area contributed by atoms with Crippen LogP contribution in [0.25, 0.3) is 21.5 Å². The van der Waals surface area contributed by atoms with Crippen molar-refractivity contribution in [3.63, 3.8) is 0 Å². The van der Waals surface area contributed by atoms with E-state index in [1.54, 1.807) is 0 Å². The van der Waals surface area contributed by atoms with E-state index in [4.69, 9.17) is 0 Å². The van der Waals surface area contributed by atoms with Gasteiger partial charge in [-0.15, -0.1) is 0 Å². The van der Waals surface area contributed by atoms with Gasteiger partial charge < -0.3 is 15.1 Å². The van der Waals surface area contributed by atoms with Gasteiger partial charge in [0.05, 0.1) is 4.47 Å². The van der Waals surface area contributed by atoms with E-state index in [0.717, 1.165) is 37.1 Å². The number of aromatic hydroxyl groups is 1. The van der Waals surface area contributed by atoms with Crippen molar-refractivity contribution in [3.05, 3.63) is 123 Å². The van der Waals surface area contributed by atoms with E-state index in [-0.39, 0.29) is 5.75 Å². The van der Waals surface area contributed by atoms with Crippen molar-refractivity contribution >= 4 is 53.4 Å². The van der Waals surface area contributed by atoms with Gasteiger partial charge in [0.1, 0.15) is 11.4 Å². The third-order valence-electron chi connectivity index (χ3n) is 7.16. The van der Waals surface area contributed by atoms with Gasteiger partial charge in [-0.05, 0) is 87.3 Å². The van der Waals surface area contributed by atoms with Crippen LogP contribution in [-0.4, -0.2) is 35.8 Å². The molecule has 0 saturated carbocycles. The molecule has 5 rings (SSSR count). The standard InChI is InChI=1S/C32H29Br2NO2/c1-35(2)18-17-32(37,28-14-8-12-21-9-6-7-13-25(21)28)29(22-10-4-3-5-11-22)27-20-23-19-24(33)15-16-26(23)30(34)31(27)36/h3-16,19-20,29,36-37H,17-18H2,1-2H3/t29-,32-/m1/s1. The molecule has 0 aromatic heterocycles. The summed E-state index contributed by atoms with van der Waals surface area (Å²) >= 11 is 7.26. The Morgan fingerprint density at radius 3 is 2.24 bits per heavy atom. The van der Waals surface area contributed by atoms with Crippen molar-refractivity contribution in [3.8, 4) is 5.75 Å². The van der Waals surface area contributed by atoms with Crippen LogP contribution < -0.4 is 0 Å². The largest absolute Gasteiger partial charge is 0.506 e. The van der Waals surface area contributed by atoms with Gasteiger partial charge in [-0.3, -0.25) is 0 Å². The molecule has 0 aliphatic rings. The maximum Gasteiger partial charge on any atom is 0.134 e. The molecule has 0 aliphatic carbocycles. The lowest BCUT2D eigenvalue weighted by atomic mass is 9.70. The Morgan fingerprint density at radius 1 is 0.784 bits per heavy atom. The van der Waals surface area contributed by atoms with Crippen LogP contribution in [0.4, 0.5) is 0 Å². The lowest BCUT2D eigenvalue weighted by Gasteiger charge is -2.39. The molecule has 5 aromatic carbocycles. The summed E-state index contributed by atoms with van der Waals surface area (Å²) in [6.45, 7) is 0.671. The summed E-state index contributed by atoms with van der Waals surface area (Å²) < 4.78 is 1.58. The van der Waals surface area contributed by atoms with Crippen molar-refractivity contribution in [2.24, 2.45) is 0 Å². The Kier molecular flexibility index (Phi) is 7.42. The van der Waals surface area contributed by atoms with E-state index < -0.39 is 11.5 Å². The molecule has 37 heavy (non-hydrogen) atoms. The zero-order valence-corrected chi connectivity index (χ0v) is 24.0. The molecule has 0 bridgehead atoms. The summed E-state index contributed by atoms with van der Waals surface area (Å²) in [4.78, 5) is 2.09. The van der Waals surface area contributed by atoms with Gasteiger partial charge in [0.2, 0.25) is 0 Å². The quantitative estimate of drug-likeness (QED) is 0.193. The summed E-state index contributed by atoms with van der Waals surface area (Å²) in [6, 6.07) is 32.3. The predicted octanol–water partition coefficient (Wildman–Crippen LogP) is 8.20. The van der Waals surface area contributed by atoms with Crippen molar-refractivity contribution in [1.82, 2.24) is 4.90 Å². The Balaban J connectivity index is 1.85. The molecule has 188 valence electrons. The molecule has 5 heteroatoms. The smallest absolute Gasteiger partial charge is 0.134 e. The lowest BCUT2D eigenvalue weighted by molar-refractivity contribution is 0.00531. The second kappa shape index (κ2) is 10.6. The first kappa shape index (κ1) is 25.9. The molecular weight excluding hydrogens is 590 g/mol. The minimum absolute atomic E-state index is 0.146. The maximum atomic E-state index is 13.0. The van der Waals surface area contributed by atoms with Crippen LogP contribution in [-0.2, 0) is 5.60 Å². The monoisotopic (exact) mass is 617 g/mol. The van der Waals surface area contributed by atoms with E-state index in [9.17, 15) is 10.2 Å². The van der Waals surface area contributed by atoms with Crippen LogP contribution in [0.5, 0.6) is 5.75 Å². The number of halogens is 2. The molecule has 2 atom stereocenters. The molecule has 3 nitrogen and oxygen atoms in total. The van der Waals surface area contributed by atoms with Crippen molar-refractivity contribution < 1.29 is 10.2 Å². The first-order valence-electron chi connectivity index (χ1n) is 12.3. The third kappa shape index (κ3) is 4.94. The fourth-order valence-corrected chi connectivity index (χ4v) is 6.32. The number of phenols is 1. The summed E-state index contributed by atoms with van der Waals surface area (Å²) in [5, 5.41) is 28.6. The van der Waals surface area contributed by atoms with E-state index in [1.807, 2.05) is 93.0 Å². The third-order valence-corrected chi connectivity index (χ3v) is 8.46. The molecule has 0 aliphatic heterocycles. The van der Waals surface area contributed by atoms with E-state index in [2.05, 4.69) is 55.0 Å². The molecular formula is C32H29Br2NO2. The highest BCUT2D eigenvalue weighted by molar-refractivity contribution is 9.11. The highest BCUT2D eigenvalue weighted by Crippen LogP contribution is 2.51. The molecule has 2 N–H and O–H groups in total. The Hall–Kier alpha value is -2.70. The second-order valence-electron chi connectivity index (χ2n) is 9.84. The summed E-state index contributed by atoms with van der Waals surface area (Å²) in [7, 11) is 4.03. The lowest BCUT2D eigenvalue weighted by Crippen LogP contribution is -2.37. The zero-order valence-electron chi connectivity index (χ0n) is 20.8. The van der Waals surface area contributed by atoms with Crippen molar-refractivity contribution in [2.75, 3.05) is 20.6 Å². The van der Waals surface area contributed by atoms with Gasteiger partial charge in [0, 0.05) is 22.5 Å². The van der Waals surface area contributed by atoms with Crippen LogP contribution in [0.15, 0.2) is 106 Å². The molecule has 0 unspecified atom stereocenters. The number of hydrogen-bond donors (Lipinski definition) is 2. The average Bonchev–Trinajstić information content (AvgIpc) is 2.90. The van der Waals surface area contributed by atoms with Crippen molar-refractivity contribution in [1.29, 1.82) is 0 Å². The predicted molar refractivity (Wildman–Crippen MR) is 160 cm³/mol. The van der Waals surface area contributed by atoms with Crippen LogP contribution in [0, 0.1) is 0 Å². The van der Waals surface area contributed by atoms with Gasteiger partial charge in [-0.2, -0.15) is 0 Å². The van der Waals surface area contributed by atoms with Gasteiger partial charge in [0.15, 0.2) is 0 Å². The van der Waals surface area contributed by atoms with E-state index in [1.165, 1.54) is 0 Å². The van der Waals surface area contributed by atoms with Crippen LogP contribution in [0.1, 0.15) is 29.0 Å². The first-order chi connectivity index (χ1) is 17.8. The number of fused-ring (bicyclic) bond motifs is 2. The Labute approximate surface area is 234 Å². The fourth-order valence-electron chi connectivity index (χ4n) is 5.35. The molecule has 0 heterocycles. The van der Waals surface area contributed by atoms with E-state index >= 15 is 0 Å². The number of nitrogens with zero attached hydrogens (tertiary/aromatic N) is 1. The SMILES string of the molecule is CN(C)CC[C@@](O)(c1cccc2ccccc12)[C@H](c1ccccc1)c1cc2cc(Br)ccc2c(Br)c1O. The zero-order chi connectivity index (χ0) is 26.2. The average molecular weight is 619 g/mol. The Bertz CT molecular complexity index is 1560. The number of aliphatic hydroxyl groups is 1. The molecule has 5 aromatic rings. The normalized spacial score (nSPS) is 14.2. The van der Waals surface area contributed by atoms with Gasteiger partial charge in [-0.25, -0.2) is 0 Å².